The zero-order valence-electron chi connectivity index (χ0n) is 16.1. The first-order chi connectivity index (χ1) is 13.4. The fourth-order valence-corrected chi connectivity index (χ4v) is 4.44. The molecule has 1 saturated heterocycles. The maximum absolute atomic E-state index is 12.6. The molecule has 0 spiro atoms. The van der Waals surface area contributed by atoms with E-state index < -0.39 is 10.0 Å². The molecule has 28 heavy (non-hydrogen) atoms. The first-order valence-electron chi connectivity index (χ1n) is 9.44. The van der Waals surface area contributed by atoms with Gasteiger partial charge in [0.15, 0.2) is 0 Å². The highest BCUT2D eigenvalue weighted by Crippen LogP contribution is 2.18. The highest BCUT2D eigenvalue weighted by molar-refractivity contribution is 7.89. The van der Waals surface area contributed by atoms with Crippen LogP contribution in [0.2, 0.25) is 0 Å². The van der Waals surface area contributed by atoms with Gasteiger partial charge in [-0.2, -0.15) is 0 Å². The molecule has 150 valence electrons. The van der Waals surface area contributed by atoms with Crippen LogP contribution in [-0.4, -0.2) is 33.6 Å². The SMILES string of the molecule is Cc1ccccc1C(C)NC(=O)c1cccc(S(=O)(=O)NCC2CCCO2)c1. The predicted molar refractivity (Wildman–Crippen MR) is 108 cm³/mol. The quantitative estimate of drug-likeness (QED) is 0.746. The van der Waals surface area contributed by atoms with Crippen molar-refractivity contribution >= 4 is 15.9 Å². The summed E-state index contributed by atoms with van der Waals surface area (Å²) in [4.78, 5) is 12.7. The van der Waals surface area contributed by atoms with Gasteiger partial charge in [-0.3, -0.25) is 4.79 Å². The van der Waals surface area contributed by atoms with E-state index in [9.17, 15) is 13.2 Å². The van der Waals surface area contributed by atoms with E-state index in [0.717, 1.165) is 24.0 Å². The van der Waals surface area contributed by atoms with Crippen molar-refractivity contribution in [3.8, 4) is 0 Å². The third-order valence-electron chi connectivity index (χ3n) is 4.93. The van der Waals surface area contributed by atoms with Gasteiger partial charge in [0, 0.05) is 18.7 Å². The van der Waals surface area contributed by atoms with Crippen molar-refractivity contribution in [3.63, 3.8) is 0 Å². The zero-order chi connectivity index (χ0) is 20.1. The van der Waals surface area contributed by atoms with Crippen molar-refractivity contribution in [2.45, 2.75) is 43.7 Å². The lowest BCUT2D eigenvalue weighted by Gasteiger charge is -2.17. The number of ether oxygens (including phenoxy) is 1. The van der Waals surface area contributed by atoms with Crippen LogP contribution in [0.1, 0.15) is 47.3 Å². The molecule has 1 aliphatic rings. The van der Waals surface area contributed by atoms with Crippen molar-refractivity contribution < 1.29 is 17.9 Å². The number of carbonyl (C=O) groups excluding carboxylic acids is 1. The maximum atomic E-state index is 12.6. The van der Waals surface area contributed by atoms with E-state index in [1.54, 1.807) is 12.1 Å². The summed E-state index contributed by atoms with van der Waals surface area (Å²) in [6.07, 6.45) is 1.71. The van der Waals surface area contributed by atoms with Crippen LogP contribution in [0.5, 0.6) is 0 Å². The zero-order valence-corrected chi connectivity index (χ0v) is 17.0. The highest BCUT2D eigenvalue weighted by atomic mass is 32.2. The maximum Gasteiger partial charge on any atom is 0.251 e. The molecule has 1 fully saturated rings. The molecular weight excluding hydrogens is 376 g/mol. The van der Waals surface area contributed by atoms with E-state index in [1.165, 1.54) is 12.1 Å². The van der Waals surface area contributed by atoms with Crippen LogP contribution in [0.4, 0.5) is 0 Å². The number of hydrogen-bond acceptors (Lipinski definition) is 4. The average Bonchev–Trinajstić information content (AvgIpc) is 3.20. The summed E-state index contributed by atoms with van der Waals surface area (Å²) >= 11 is 0. The van der Waals surface area contributed by atoms with E-state index in [1.807, 2.05) is 38.1 Å². The van der Waals surface area contributed by atoms with Gasteiger partial charge in [0.2, 0.25) is 10.0 Å². The van der Waals surface area contributed by atoms with Crippen LogP contribution in [0, 0.1) is 6.92 Å². The minimum Gasteiger partial charge on any atom is -0.377 e. The second-order valence-electron chi connectivity index (χ2n) is 7.07. The van der Waals surface area contributed by atoms with Gasteiger partial charge in [0.25, 0.3) is 5.91 Å². The Kier molecular flexibility index (Phi) is 6.49. The molecule has 0 radical (unpaired) electrons. The number of hydrogen-bond donors (Lipinski definition) is 2. The number of nitrogens with one attached hydrogen (secondary N) is 2. The van der Waals surface area contributed by atoms with Crippen LogP contribution < -0.4 is 10.0 Å². The molecule has 1 heterocycles. The fraction of sp³-hybridized carbons (Fsp3) is 0.381. The summed E-state index contributed by atoms with van der Waals surface area (Å²) in [5.41, 5.74) is 2.42. The van der Waals surface area contributed by atoms with Gasteiger partial charge in [-0.05, 0) is 56.0 Å². The second kappa shape index (κ2) is 8.86. The van der Waals surface area contributed by atoms with Crippen molar-refractivity contribution in [2.75, 3.05) is 13.2 Å². The molecule has 2 aromatic rings. The van der Waals surface area contributed by atoms with E-state index in [4.69, 9.17) is 4.74 Å². The Bertz CT molecular complexity index is 937. The number of sulfonamides is 1. The highest BCUT2D eigenvalue weighted by Gasteiger charge is 2.21. The third kappa shape index (κ3) is 4.98. The molecule has 7 heteroatoms. The Morgan fingerprint density at radius 3 is 2.71 bits per heavy atom. The van der Waals surface area contributed by atoms with Crippen LogP contribution >= 0.6 is 0 Å². The van der Waals surface area contributed by atoms with E-state index in [0.29, 0.717) is 12.2 Å². The van der Waals surface area contributed by atoms with E-state index in [2.05, 4.69) is 10.0 Å². The van der Waals surface area contributed by atoms with Gasteiger partial charge in [0.05, 0.1) is 17.0 Å². The minimum atomic E-state index is -3.70. The van der Waals surface area contributed by atoms with Crippen LogP contribution in [-0.2, 0) is 14.8 Å². The smallest absolute Gasteiger partial charge is 0.251 e. The lowest BCUT2D eigenvalue weighted by atomic mass is 10.0. The largest absolute Gasteiger partial charge is 0.377 e. The molecule has 1 aliphatic heterocycles. The number of amides is 1. The summed E-state index contributed by atoms with van der Waals surface area (Å²) in [5, 5.41) is 2.93. The molecule has 3 rings (SSSR count). The molecule has 2 atom stereocenters. The summed E-state index contributed by atoms with van der Waals surface area (Å²) in [5.74, 6) is -0.313. The molecular formula is C21H26N2O4S. The first kappa shape index (κ1) is 20.5. The fourth-order valence-electron chi connectivity index (χ4n) is 3.33. The molecule has 1 amide bonds. The monoisotopic (exact) mass is 402 g/mol. The van der Waals surface area contributed by atoms with Gasteiger partial charge < -0.3 is 10.1 Å². The third-order valence-corrected chi connectivity index (χ3v) is 6.36. The normalized spacial score (nSPS) is 18.0. The summed E-state index contributed by atoms with van der Waals surface area (Å²) < 4.78 is 33.1. The Labute approximate surface area is 166 Å². The minimum absolute atomic E-state index is 0.0710. The van der Waals surface area contributed by atoms with E-state index >= 15 is 0 Å². The van der Waals surface area contributed by atoms with Gasteiger partial charge in [0.1, 0.15) is 0 Å². The Hall–Kier alpha value is -2.22. The van der Waals surface area contributed by atoms with Crippen LogP contribution in [0.15, 0.2) is 53.4 Å². The van der Waals surface area contributed by atoms with Gasteiger partial charge in [-0.15, -0.1) is 0 Å². The number of rotatable bonds is 7. The lowest BCUT2D eigenvalue weighted by molar-refractivity contribution is 0.0939. The Balaban J connectivity index is 1.69. The summed E-state index contributed by atoms with van der Waals surface area (Å²) in [6, 6.07) is 13.7. The molecule has 6 nitrogen and oxygen atoms in total. The van der Waals surface area contributed by atoms with Crippen molar-refractivity contribution in [3.05, 3.63) is 65.2 Å². The van der Waals surface area contributed by atoms with Crippen molar-refractivity contribution in [1.29, 1.82) is 0 Å². The summed E-state index contributed by atoms with van der Waals surface area (Å²) in [6.45, 7) is 4.80. The second-order valence-corrected chi connectivity index (χ2v) is 8.83. The first-order valence-corrected chi connectivity index (χ1v) is 10.9. The molecule has 0 aromatic heterocycles. The Morgan fingerprint density at radius 1 is 1.21 bits per heavy atom. The van der Waals surface area contributed by atoms with Crippen molar-refractivity contribution in [1.82, 2.24) is 10.0 Å². The van der Waals surface area contributed by atoms with Crippen molar-refractivity contribution in [2.24, 2.45) is 0 Å². The summed E-state index contributed by atoms with van der Waals surface area (Å²) in [7, 11) is -3.70. The molecule has 0 saturated carbocycles. The molecule has 2 N–H and O–H groups in total. The molecule has 2 unspecified atom stereocenters. The molecule has 0 bridgehead atoms. The number of benzene rings is 2. The molecule has 2 aromatic carbocycles. The average molecular weight is 403 g/mol. The topological polar surface area (TPSA) is 84.5 Å². The molecule has 0 aliphatic carbocycles. The predicted octanol–water partition coefficient (Wildman–Crippen LogP) is 2.94. The standard InChI is InChI=1S/C21H26N2O4S/c1-15-7-3-4-11-20(15)16(2)23-21(24)17-8-5-10-19(13-17)28(25,26)22-14-18-9-6-12-27-18/h3-5,7-8,10-11,13,16,18,22H,6,9,12,14H2,1-2H3,(H,23,24). The number of aryl methyl sites for hydroxylation is 1. The van der Waals surface area contributed by atoms with Gasteiger partial charge in [-0.1, -0.05) is 30.3 Å². The van der Waals surface area contributed by atoms with E-state index in [-0.39, 0.29) is 29.5 Å². The Morgan fingerprint density at radius 2 is 2.00 bits per heavy atom. The number of carbonyl (C=O) groups is 1. The van der Waals surface area contributed by atoms with Crippen LogP contribution in [0.25, 0.3) is 0 Å². The van der Waals surface area contributed by atoms with Gasteiger partial charge >= 0.3 is 0 Å². The van der Waals surface area contributed by atoms with Gasteiger partial charge in [-0.25, -0.2) is 13.1 Å². The lowest BCUT2D eigenvalue weighted by Crippen LogP contribution is -2.32. The van der Waals surface area contributed by atoms with Crippen LogP contribution in [0.3, 0.4) is 0 Å².